The van der Waals surface area contributed by atoms with Crippen LogP contribution in [0, 0.1) is 0 Å². The van der Waals surface area contributed by atoms with E-state index in [1.54, 1.807) is 18.6 Å². The maximum absolute atomic E-state index is 10.0. The summed E-state index contributed by atoms with van der Waals surface area (Å²) in [7, 11) is 1.54. The highest BCUT2D eigenvalue weighted by Gasteiger charge is 2.09. The van der Waals surface area contributed by atoms with Crippen LogP contribution in [0.2, 0.25) is 0 Å². The average Bonchev–Trinajstić information content (AvgIpc) is 2.97. The van der Waals surface area contributed by atoms with E-state index in [4.69, 9.17) is 4.74 Å². The molecule has 1 heterocycles. The largest absolute Gasteiger partial charge is 0.504 e. The minimum absolute atomic E-state index is 0.144. The van der Waals surface area contributed by atoms with Gasteiger partial charge in [-0.15, -0.1) is 0 Å². The van der Waals surface area contributed by atoms with E-state index < -0.39 is 0 Å². The summed E-state index contributed by atoms with van der Waals surface area (Å²) in [5.74, 6) is 0.612. The number of aliphatic imine (C=N–C) groups is 1. The summed E-state index contributed by atoms with van der Waals surface area (Å²) >= 11 is 0. The average molecular weight is 273 g/mol. The van der Waals surface area contributed by atoms with Gasteiger partial charge in [-0.05, 0) is 25.5 Å². The SMILES string of the molecule is COc1cccc(/C(C)=N/CCCn2ccnc2)c1O. The van der Waals surface area contributed by atoms with E-state index >= 15 is 0 Å². The van der Waals surface area contributed by atoms with Gasteiger partial charge in [0.25, 0.3) is 0 Å². The third-order valence-electron chi connectivity index (χ3n) is 3.09. The molecule has 2 rings (SSSR count). The molecule has 20 heavy (non-hydrogen) atoms. The molecule has 1 aromatic heterocycles. The lowest BCUT2D eigenvalue weighted by molar-refractivity contribution is 0.373. The van der Waals surface area contributed by atoms with Crippen molar-refractivity contribution in [1.82, 2.24) is 9.55 Å². The van der Waals surface area contributed by atoms with Gasteiger partial charge in [-0.3, -0.25) is 4.99 Å². The molecule has 0 aliphatic carbocycles. The highest BCUT2D eigenvalue weighted by molar-refractivity contribution is 6.01. The monoisotopic (exact) mass is 273 g/mol. The molecule has 0 aliphatic rings. The van der Waals surface area contributed by atoms with Crippen molar-refractivity contribution in [2.24, 2.45) is 4.99 Å². The summed E-state index contributed by atoms with van der Waals surface area (Å²) < 4.78 is 7.12. The molecular weight excluding hydrogens is 254 g/mol. The number of hydrogen-bond donors (Lipinski definition) is 1. The fourth-order valence-electron chi connectivity index (χ4n) is 1.98. The Bertz CT molecular complexity index is 577. The predicted molar refractivity (Wildman–Crippen MR) is 78.6 cm³/mol. The van der Waals surface area contributed by atoms with E-state index in [0.29, 0.717) is 17.9 Å². The first-order chi connectivity index (χ1) is 9.72. The summed E-state index contributed by atoms with van der Waals surface area (Å²) in [6, 6.07) is 5.41. The van der Waals surface area contributed by atoms with Gasteiger partial charge in [0.05, 0.1) is 13.4 Å². The third-order valence-corrected chi connectivity index (χ3v) is 3.09. The summed E-state index contributed by atoms with van der Waals surface area (Å²) in [5.41, 5.74) is 1.53. The second kappa shape index (κ2) is 6.75. The number of benzene rings is 1. The lowest BCUT2D eigenvalue weighted by Gasteiger charge is -2.08. The lowest BCUT2D eigenvalue weighted by Crippen LogP contribution is -2.01. The van der Waals surface area contributed by atoms with E-state index in [9.17, 15) is 5.11 Å². The van der Waals surface area contributed by atoms with Crippen molar-refractivity contribution in [2.45, 2.75) is 19.9 Å². The van der Waals surface area contributed by atoms with Crippen molar-refractivity contribution in [1.29, 1.82) is 0 Å². The standard InChI is InChI=1S/C15H19N3O2/c1-12(13-5-3-6-14(20-2)15(13)19)17-7-4-9-18-10-8-16-11-18/h3,5-6,8,10-11,19H,4,7,9H2,1-2H3/b17-12+. The number of aromatic nitrogens is 2. The first-order valence-electron chi connectivity index (χ1n) is 6.55. The first kappa shape index (κ1) is 14.1. The van der Waals surface area contributed by atoms with Crippen molar-refractivity contribution >= 4 is 5.71 Å². The fourth-order valence-corrected chi connectivity index (χ4v) is 1.98. The summed E-state index contributed by atoms with van der Waals surface area (Å²) in [4.78, 5) is 8.49. The minimum Gasteiger partial charge on any atom is -0.504 e. The van der Waals surface area contributed by atoms with Crippen LogP contribution in [-0.2, 0) is 6.54 Å². The van der Waals surface area contributed by atoms with Crippen molar-refractivity contribution in [3.63, 3.8) is 0 Å². The van der Waals surface area contributed by atoms with Crippen LogP contribution < -0.4 is 4.74 Å². The Labute approximate surface area is 118 Å². The molecule has 0 amide bonds. The van der Waals surface area contributed by atoms with Gasteiger partial charge in [0, 0.05) is 36.8 Å². The number of rotatable bonds is 6. The highest BCUT2D eigenvalue weighted by atomic mass is 16.5. The van der Waals surface area contributed by atoms with E-state index in [2.05, 4.69) is 9.98 Å². The number of phenols is 1. The minimum atomic E-state index is 0.144. The third kappa shape index (κ3) is 3.38. The van der Waals surface area contributed by atoms with Crippen LogP contribution in [0.3, 0.4) is 0 Å². The Morgan fingerprint density at radius 1 is 1.45 bits per heavy atom. The van der Waals surface area contributed by atoms with Gasteiger partial charge in [-0.2, -0.15) is 0 Å². The molecule has 0 unspecified atom stereocenters. The number of hydrogen-bond acceptors (Lipinski definition) is 4. The van der Waals surface area contributed by atoms with Gasteiger partial charge >= 0.3 is 0 Å². The van der Waals surface area contributed by atoms with Gasteiger partial charge in [0.15, 0.2) is 11.5 Å². The number of methoxy groups -OCH3 is 1. The molecule has 0 saturated heterocycles. The topological polar surface area (TPSA) is 59.6 Å². The van der Waals surface area contributed by atoms with E-state index in [0.717, 1.165) is 18.7 Å². The van der Waals surface area contributed by atoms with Crippen molar-refractivity contribution in [3.05, 3.63) is 42.5 Å². The lowest BCUT2D eigenvalue weighted by atomic mass is 10.1. The van der Waals surface area contributed by atoms with E-state index in [1.807, 2.05) is 29.8 Å². The number of nitrogens with zero attached hydrogens (tertiary/aromatic N) is 3. The molecule has 106 valence electrons. The van der Waals surface area contributed by atoms with Gasteiger partial charge < -0.3 is 14.4 Å². The number of aryl methyl sites for hydroxylation is 1. The van der Waals surface area contributed by atoms with Gasteiger partial charge in [0.1, 0.15) is 0 Å². The van der Waals surface area contributed by atoms with Crippen LogP contribution in [-0.4, -0.2) is 34.0 Å². The fraction of sp³-hybridized carbons (Fsp3) is 0.333. The molecule has 5 heteroatoms. The van der Waals surface area contributed by atoms with Crippen LogP contribution in [0.1, 0.15) is 18.9 Å². The number of aromatic hydroxyl groups is 1. The molecule has 0 radical (unpaired) electrons. The molecule has 0 saturated carbocycles. The van der Waals surface area contributed by atoms with Crippen molar-refractivity contribution in [2.75, 3.05) is 13.7 Å². The van der Waals surface area contributed by atoms with Crippen LogP contribution in [0.4, 0.5) is 0 Å². The van der Waals surface area contributed by atoms with E-state index in [1.165, 1.54) is 7.11 Å². The Kier molecular flexibility index (Phi) is 4.76. The maximum Gasteiger partial charge on any atom is 0.166 e. The van der Waals surface area contributed by atoms with Gasteiger partial charge in [0.2, 0.25) is 0 Å². The quantitative estimate of drug-likeness (QED) is 0.650. The number of phenolic OH excluding ortho intramolecular Hbond substituents is 1. The summed E-state index contributed by atoms with van der Waals surface area (Å²) in [6.45, 7) is 3.49. The van der Waals surface area contributed by atoms with Crippen LogP contribution in [0.25, 0.3) is 0 Å². The van der Waals surface area contributed by atoms with Crippen LogP contribution in [0.5, 0.6) is 11.5 Å². The van der Waals surface area contributed by atoms with Gasteiger partial charge in [-0.25, -0.2) is 4.98 Å². The summed E-state index contributed by atoms with van der Waals surface area (Å²) in [6.07, 6.45) is 6.43. The Morgan fingerprint density at radius 2 is 2.30 bits per heavy atom. The Hall–Kier alpha value is -2.30. The first-order valence-corrected chi connectivity index (χ1v) is 6.55. The number of ether oxygens (including phenoxy) is 1. The maximum atomic E-state index is 10.0. The van der Waals surface area contributed by atoms with Crippen molar-refractivity contribution < 1.29 is 9.84 Å². The Morgan fingerprint density at radius 3 is 3.00 bits per heavy atom. The molecule has 0 aliphatic heterocycles. The van der Waals surface area contributed by atoms with Gasteiger partial charge in [-0.1, -0.05) is 6.07 Å². The van der Waals surface area contributed by atoms with Crippen molar-refractivity contribution in [3.8, 4) is 11.5 Å². The molecular formula is C15H19N3O2. The molecule has 0 spiro atoms. The summed E-state index contributed by atoms with van der Waals surface area (Å²) in [5, 5.41) is 10.0. The normalized spacial score (nSPS) is 11.6. The second-order valence-electron chi connectivity index (χ2n) is 4.48. The molecule has 0 bridgehead atoms. The molecule has 0 atom stereocenters. The number of imidazole rings is 1. The molecule has 5 nitrogen and oxygen atoms in total. The molecule has 2 aromatic rings. The van der Waals surface area contributed by atoms with E-state index in [-0.39, 0.29) is 5.75 Å². The van der Waals surface area contributed by atoms with Crippen LogP contribution in [0.15, 0.2) is 41.9 Å². The zero-order valence-corrected chi connectivity index (χ0v) is 11.8. The smallest absolute Gasteiger partial charge is 0.166 e. The van der Waals surface area contributed by atoms with Crippen LogP contribution >= 0.6 is 0 Å². The zero-order valence-electron chi connectivity index (χ0n) is 11.8. The number of para-hydroxylation sites is 1. The zero-order chi connectivity index (χ0) is 14.4. The predicted octanol–water partition coefficient (Wildman–Crippen LogP) is 2.50. The molecule has 0 fully saturated rings. The highest BCUT2D eigenvalue weighted by Crippen LogP contribution is 2.29. The Balaban J connectivity index is 1.96. The molecule has 1 aromatic carbocycles. The molecule has 1 N–H and O–H groups in total. The second-order valence-corrected chi connectivity index (χ2v) is 4.48.